The molecule has 132 valence electrons. The largest absolute Gasteiger partial charge is 0.444 e. The fraction of sp³-hybridized carbons (Fsp3) is 0.857. The van der Waals surface area contributed by atoms with Gasteiger partial charge in [0.25, 0.3) is 0 Å². The van der Waals surface area contributed by atoms with Gasteiger partial charge in [0, 0.05) is 31.4 Å². The van der Waals surface area contributed by atoms with Crippen molar-refractivity contribution in [1.82, 2.24) is 16.0 Å². The second kappa shape index (κ2) is 11.2. The number of thioether (sulfide) groups is 1. The van der Waals surface area contributed by atoms with Crippen molar-refractivity contribution in [2.45, 2.75) is 45.0 Å². The number of hydrogen-bond donors (Lipinski definition) is 3. The minimum Gasteiger partial charge on any atom is -0.444 e. The summed E-state index contributed by atoms with van der Waals surface area (Å²) in [6, 6.07) is 0. The number of alkyl carbamates (subject to hydrolysis) is 1. The average molecular weight is 446 g/mol. The Balaban J connectivity index is 0. The number of halogens is 1. The molecule has 0 spiro atoms. The highest BCUT2D eigenvalue weighted by molar-refractivity contribution is 14.0. The molecule has 0 saturated carbocycles. The van der Waals surface area contributed by atoms with Crippen molar-refractivity contribution < 1.29 is 9.53 Å². The summed E-state index contributed by atoms with van der Waals surface area (Å²) in [5.41, 5.74) is -0.474. The monoisotopic (exact) mass is 446 g/mol. The number of nitrogens with one attached hydrogen (secondary N) is 3. The Morgan fingerprint density at radius 1 is 1.09 bits per heavy atom. The lowest BCUT2D eigenvalue weighted by atomic mass is 10.2. The van der Waals surface area contributed by atoms with Crippen molar-refractivity contribution in [3.8, 4) is 0 Å². The van der Waals surface area contributed by atoms with Crippen LogP contribution >= 0.6 is 35.7 Å². The van der Waals surface area contributed by atoms with E-state index in [1.165, 1.54) is 0 Å². The molecule has 3 N–H and O–H groups in total. The van der Waals surface area contributed by atoms with Crippen LogP contribution in [0.1, 0.15) is 34.6 Å². The number of nitrogens with zero attached hydrogens (tertiary/aromatic N) is 1. The van der Waals surface area contributed by atoms with Gasteiger partial charge in [0.2, 0.25) is 0 Å². The maximum atomic E-state index is 11.5. The second-order valence-corrected chi connectivity index (χ2v) is 7.76. The van der Waals surface area contributed by atoms with E-state index in [-0.39, 0.29) is 28.7 Å². The van der Waals surface area contributed by atoms with Crippen molar-refractivity contribution in [2.75, 3.05) is 32.9 Å². The molecule has 0 radical (unpaired) electrons. The van der Waals surface area contributed by atoms with Crippen LogP contribution in [0.25, 0.3) is 0 Å². The lowest BCUT2D eigenvalue weighted by Gasteiger charge is -2.24. The number of hydrogen-bond acceptors (Lipinski definition) is 4. The molecule has 0 aliphatic heterocycles. The maximum Gasteiger partial charge on any atom is 0.407 e. The van der Waals surface area contributed by atoms with E-state index in [1.807, 2.05) is 20.8 Å². The van der Waals surface area contributed by atoms with Crippen LogP contribution in [-0.4, -0.2) is 55.3 Å². The normalized spacial score (nSPS) is 12.2. The molecule has 0 aromatic carbocycles. The summed E-state index contributed by atoms with van der Waals surface area (Å²) >= 11 is 1.80. The summed E-state index contributed by atoms with van der Waals surface area (Å²) in [7, 11) is 1.72. The van der Waals surface area contributed by atoms with E-state index >= 15 is 0 Å². The third kappa shape index (κ3) is 13.3. The van der Waals surface area contributed by atoms with Crippen LogP contribution in [0.15, 0.2) is 4.99 Å². The summed E-state index contributed by atoms with van der Waals surface area (Å²) in [5, 5.41) is 9.10. The van der Waals surface area contributed by atoms with E-state index in [9.17, 15) is 4.79 Å². The number of carbonyl (C=O) groups excluding carboxylic acids is 1. The first kappa shape index (κ1) is 23.9. The van der Waals surface area contributed by atoms with E-state index in [4.69, 9.17) is 4.74 Å². The number of carbonyl (C=O) groups is 1. The molecule has 1 amide bonds. The zero-order valence-corrected chi connectivity index (χ0v) is 17.8. The first-order valence-electron chi connectivity index (χ1n) is 7.06. The summed E-state index contributed by atoms with van der Waals surface area (Å²) < 4.78 is 5.30. The minimum atomic E-state index is -0.474. The Morgan fingerprint density at radius 2 is 1.64 bits per heavy atom. The summed E-state index contributed by atoms with van der Waals surface area (Å²) in [4.78, 5) is 15.6. The topological polar surface area (TPSA) is 74.8 Å². The smallest absolute Gasteiger partial charge is 0.407 e. The third-order valence-corrected chi connectivity index (χ3v) is 3.79. The third-order valence-electron chi connectivity index (χ3n) is 2.54. The highest BCUT2D eigenvalue weighted by atomic mass is 127. The van der Waals surface area contributed by atoms with E-state index < -0.39 is 11.7 Å². The van der Waals surface area contributed by atoms with Gasteiger partial charge in [0.1, 0.15) is 5.60 Å². The minimum absolute atomic E-state index is 0. The molecule has 0 unspecified atom stereocenters. The predicted octanol–water partition coefficient (Wildman–Crippen LogP) is 2.44. The van der Waals surface area contributed by atoms with Crippen LogP contribution in [0, 0.1) is 0 Å². The Labute approximate surface area is 156 Å². The number of rotatable bonds is 6. The Kier molecular flexibility index (Phi) is 12.2. The number of aliphatic imine (C=N–C) groups is 1. The molecule has 6 nitrogen and oxygen atoms in total. The molecule has 0 heterocycles. The van der Waals surface area contributed by atoms with Crippen molar-refractivity contribution in [3.05, 3.63) is 0 Å². The van der Waals surface area contributed by atoms with Crippen molar-refractivity contribution in [2.24, 2.45) is 4.99 Å². The predicted molar refractivity (Wildman–Crippen MR) is 107 cm³/mol. The molecule has 22 heavy (non-hydrogen) atoms. The lowest BCUT2D eigenvalue weighted by molar-refractivity contribution is 0.0529. The fourth-order valence-corrected chi connectivity index (χ4v) is 1.47. The van der Waals surface area contributed by atoms with E-state index in [0.717, 1.165) is 12.5 Å². The first-order chi connectivity index (χ1) is 9.59. The maximum absolute atomic E-state index is 11.5. The lowest BCUT2D eigenvalue weighted by Crippen LogP contribution is -2.45. The highest BCUT2D eigenvalue weighted by Gasteiger charge is 2.17. The molecule has 0 rings (SSSR count). The van der Waals surface area contributed by atoms with E-state index in [2.05, 4.69) is 41.0 Å². The van der Waals surface area contributed by atoms with Crippen molar-refractivity contribution >= 4 is 47.8 Å². The first-order valence-corrected chi connectivity index (χ1v) is 8.28. The Bertz CT molecular complexity index is 357. The molecule has 8 heteroatoms. The van der Waals surface area contributed by atoms with Crippen molar-refractivity contribution in [3.63, 3.8) is 0 Å². The van der Waals surface area contributed by atoms with Gasteiger partial charge in [0.15, 0.2) is 5.96 Å². The summed E-state index contributed by atoms with van der Waals surface area (Å²) in [6.07, 6.45) is 1.68. The zero-order valence-electron chi connectivity index (χ0n) is 14.7. The van der Waals surface area contributed by atoms with Crippen LogP contribution in [-0.2, 0) is 4.74 Å². The van der Waals surface area contributed by atoms with Crippen LogP contribution < -0.4 is 16.0 Å². The molecule has 0 aliphatic rings. The number of ether oxygens (including phenoxy) is 1. The molecular weight excluding hydrogens is 415 g/mol. The molecule has 0 aromatic heterocycles. The van der Waals surface area contributed by atoms with Crippen LogP contribution in [0.4, 0.5) is 4.79 Å². The standard InChI is InChI=1S/C14H30N4O2S.HI/c1-13(2,3)20-12(19)17-9-8-16-11(15-6)18-10-14(4,5)21-7;/h8-10H2,1-7H3,(H,17,19)(H2,15,16,18);1H. The quantitative estimate of drug-likeness (QED) is 0.253. The van der Waals surface area contributed by atoms with Gasteiger partial charge < -0.3 is 20.7 Å². The SMILES string of the molecule is CN=C(NCCNC(=O)OC(C)(C)C)NCC(C)(C)SC.I. The van der Waals surface area contributed by atoms with Gasteiger partial charge in [-0.2, -0.15) is 11.8 Å². The molecule has 0 saturated heterocycles. The number of guanidine groups is 1. The van der Waals surface area contributed by atoms with Gasteiger partial charge in [-0.05, 0) is 40.9 Å². The molecule has 0 aliphatic carbocycles. The van der Waals surface area contributed by atoms with Gasteiger partial charge in [-0.1, -0.05) is 0 Å². The van der Waals surface area contributed by atoms with E-state index in [0.29, 0.717) is 13.1 Å². The van der Waals surface area contributed by atoms with Gasteiger partial charge in [0.05, 0.1) is 0 Å². The second-order valence-electron chi connectivity index (χ2n) is 6.25. The summed E-state index contributed by atoms with van der Waals surface area (Å²) in [6.45, 7) is 11.7. The molecule has 0 aromatic rings. The number of amides is 1. The Morgan fingerprint density at radius 3 is 2.09 bits per heavy atom. The molecule has 0 fully saturated rings. The van der Waals surface area contributed by atoms with Gasteiger partial charge in [-0.3, -0.25) is 4.99 Å². The highest BCUT2D eigenvalue weighted by Crippen LogP contribution is 2.19. The van der Waals surface area contributed by atoms with Crippen LogP contribution in [0.5, 0.6) is 0 Å². The van der Waals surface area contributed by atoms with E-state index in [1.54, 1.807) is 18.8 Å². The molecular formula is C14H31IN4O2S. The van der Waals surface area contributed by atoms with Crippen molar-refractivity contribution in [1.29, 1.82) is 0 Å². The van der Waals surface area contributed by atoms with Gasteiger partial charge in [-0.25, -0.2) is 4.79 Å². The average Bonchev–Trinajstić information content (AvgIpc) is 2.36. The van der Waals surface area contributed by atoms with Crippen LogP contribution in [0.2, 0.25) is 0 Å². The Hall–Kier alpha value is -0.380. The van der Waals surface area contributed by atoms with Gasteiger partial charge in [-0.15, -0.1) is 24.0 Å². The van der Waals surface area contributed by atoms with Gasteiger partial charge >= 0.3 is 6.09 Å². The molecule has 0 bridgehead atoms. The fourth-order valence-electron chi connectivity index (χ4n) is 1.25. The molecule has 0 atom stereocenters. The summed E-state index contributed by atoms with van der Waals surface area (Å²) in [5.74, 6) is 0.725. The van der Waals surface area contributed by atoms with Crippen LogP contribution in [0.3, 0.4) is 0 Å². The zero-order chi connectivity index (χ0) is 16.5.